The molecule has 0 aliphatic carbocycles. The van der Waals surface area contributed by atoms with Crippen LogP contribution in [0.3, 0.4) is 0 Å². The Morgan fingerprint density at radius 1 is 1.06 bits per heavy atom. The number of nitrogens with one attached hydrogen (secondary N) is 1. The number of nitrogens with zero attached hydrogens (tertiary/aromatic N) is 2. The van der Waals surface area contributed by atoms with E-state index in [-0.39, 0.29) is 35.0 Å². The minimum absolute atomic E-state index is 0.0625. The van der Waals surface area contributed by atoms with Crippen molar-refractivity contribution < 1.29 is 27.5 Å². The van der Waals surface area contributed by atoms with Crippen molar-refractivity contribution in [1.29, 1.82) is 0 Å². The van der Waals surface area contributed by atoms with Crippen LogP contribution in [0.15, 0.2) is 42.5 Å². The van der Waals surface area contributed by atoms with Crippen LogP contribution >= 0.6 is 11.6 Å². The summed E-state index contributed by atoms with van der Waals surface area (Å²) in [7, 11) is -0.996. The highest BCUT2D eigenvalue weighted by Gasteiger charge is 2.31. The Kier molecular flexibility index (Phi) is 9.79. The van der Waals surface area contributed by atoms with Gasteiger partial charge in [0.15, 0.2) is 0 Å². The molecule has 0 bridgehead atoms. The van der Waals surface area contributed by atoms with E-state index in [0.29, 0.717) is 11.3 Å². The van der Waals surface area contributed by atoms with Gasteiger partial charge >= 0.3 is 0 Å². The fourth-order valence-electron chi connectivity index (χ4n) is 3.41. The van der Waals surface area contributed by atoms with Crippen molar-refractivity contribution >= 4 is 39.1 Å². The van der Waals surface area contributed by atoms with Gasteiger partial charge in [-0.1, -0.05) is 23.7 Å². The predicted octanol–water partition coefficient (Wildman–Crippen LogP) is 3.07. The van der Waals surface area contributed by atoms with E-state index >= 15 is 0 Å². The maximum atomic E-state index is 13.6. The monoisotopic (exact) mass is 525 g/mol. The highest BCUT2D eigenvalue weighted by atomic mass is 35.5. The molecule has 0 aliphatic heterocycles. The van der Waals surface area contributed by atoms with Crippen molar-refractivity contribution in [3.8, 4) is 11.5 Å². The first-order valence-electron chi connectivity index (χ1n) is 10.9. The molecule has 0 saturated heterocycles. The van der Waals surface area contributed by atoms with Crippen LogP contribution in [0.2, 0.25) is 5.02 Å². The quantitative estimate of drug-likeness (QED) is 0.483. The number of carbonyl (C=O) groups excluding carboxylic acids is 2. The van der Waals surface area contributed by atoms with E-state index < -0.39 is 28.5 Å². The van der Waals surface area contributed by atoms with Crippen LogP contribution in [0.4, 0.5) is 5.69 Å². The number of carbonyl (C=O) groups is 2. The van der Waals surface area contributed by atoms with Crippen LogP contribution in [0, 0.1) is 0 Å². The molecule has 0 aromatic heterocycles. The zero-order valence-corrected chi connectivity index (χ0v) is 22.3. The minimum atomic E-state index is -3.92. The Morgan fingerprint density at radius 2 is 1.74 bits per heavy atom. The van der Waals surface area contributed by atoms with E-state index in [1.165, 1.54) is 31.3 Å². The number of ether oxygens (including phenoxy) is 2. The summed E-state index contributed by atoms with van der Waals surface area (Å²) in [6.45, 7) is 4.73. The SMILES string of the molecule is COc1cccc(CN(C(=O)CN(c2cc(Cl)ccc2OC)S(C)(=O)=O)C(C)C(=O)NC(C)C)c1. The topological polar surface area (TPSA) is 105 Å². The molecule has 0 spiro atoms. The molecular formula is C24H32ClN3O6S. The van der Waals surface area contributed by atoms with Crippen molar-refractivity contribution in [3.63, 3.8) is 0 Å². The van der Waals surface area contributed by atoms with Crippen LogP contribution < -0.4 is 19.1 Å². The van der Waals surface area contributed by atoms with Crippen molar-refractivity contribution in [2.45, 2.75) is 39.4 Å². The molecule has 0 saturated carbocycles. The molecule has 1 N–H and O–H groups in total. The molecule has 2 amide bonds. The molecule has 0 aliphatic rings. The lowest BCUT2D eigenvalue weighted by atomic mass is 10.1. The van der Waals surface area contributed by atoms with E-state index in [2.05, 4.69) is 5.32 Å². The van der Waals surface area contributed by atoms with Crippen LogP contribution in [0.25, 0.3) is 0 Å². The second-order valence-electron chi connectivity index (χ2n) is 8.30. The van der Waals surface area contributed by atoms with E-state index in [4.69, 9.17) is 21.1 Å². The number of benzene rings is 2. The fraction of sp³-hybridized carbons (Fsp3) is 0.417. The van der Waals surface area contributed by atoms with Crippen molar-refractivity contribution in [2.75, 3.05) is 31.3 Å². The number of hydrogen-bond acceptors (Lipinski definition) is 6. The van der Waals surface area contributed by atoms with Crippen LogP contribution in [-0.4, -0.2) is 64.2 Å². The smallest absolute Gasteiger partial charge is 0.244 e. The van der Waals surface area contributed by atoms with Crippen LogP contribution in [0.1, 0.15) is 26.3 Å². The number of sulfonamides is 1. The minimum Gasteiger partial charge on any atom is -0.497 e. The summed E-state index contributed by atoms with van der Waals surface area (Å²) in [6, 6.07) is 10.6. The largest absolute Gasteiger partial charge is 0.497 e. The lowest BCUT2D eigenvalue weighted by Gasteiger charge is -2.32. The van der Waals surface area contributed by atoms with E-state index in [0.717, 1.165) is 10.6 Å². The van der Waals surface area contributed by atoms with Crippen molar-refractivity contribution in [1.82, 2.24) is 10.2 Å². The maximum absolute atomic E-state index is 13.6. The Labute approximate surface area is 212 Å². The summed E-state index contributed by atoms with van der Waals surface area (Å²) in [6.07, 6.45) is 0.988. The summed E-state index contributed by atoms with van der Waals surface area (Å²) in [5.74, 6) is -0.109. The predicted molar refractivity (Wildman–Crippen MR) is 136 cm³/mol. The van der Waals surface area contributed by atoms with Gasteiger partial charge in [-0.25, -0.2) is 8.42 Å². The Hall–Kier alpha value is -2.98. The molecule has 9 nitrogen and oxygen atoms in total. The fourth-order valence-corrected chi connectivity index (χ4v) is 4.42. The molecule has 1 unspecified atom stereocenters. The van der Waals surface area contributed by atoms with Crippen LogP contribution in [0.5, 0.6) is 11.5 Å². The lowest BCUT2D eigenvalue weighted by Crippen LogP contribution is -2.52. The average Bonchev–Trinajstić information content (AvgIpc) is 2.79. The Balaban J connectivity index is 2.48. The summed E-state index contributed by atoms with van der Waals surface area (Å²) < 4.78 is 36.9. The summed E-state index contributed by atoms with van der Waals surface area (Å²) in [5.41, 5.74) is 0.838. The third-order valence-corrected chi connectivity index (χ3v) is 6.54. The number of rotatable bonds is 11. The average molecular weight is 526 g/mol. The maximum Gasteiger partial charge on any atom is 0.244 e. The highest BCUT2D eigenvalue weighted by molar-refractivity contribution is 7.92. The summed E-state index contributed by atoms with van der Waals surface area (Å²) in [4.78, 5) is 27.7. The molecule has 35 heavy (non-hydrogen) atoms. The molecule has 2 aromatic carbocycles. The van der Waals surface area contributed by atoms with E-state index in [1.54, 1.807) is 37.3 Å². The second-order valence-corrected chi connectivity index (χ2v) is 10.6. The van der Waals surface area contributed by atoms with Crippen LogP contribution in [-0.2, 0) is 26.2 Å². The Bertz CT molecular complexity index is 1160. The normalized spacial score (nSPS) is 12.1. The number of amides is 2. The zero-order chi connectivity index (χ0) is 26.3. The number of hydrogen-bond donors (Lipinski definition) is 1. The first kappa shape index (κ1) is 28.3. The number of anilines is 1. The standard InChI is InChI=1S/C24H32ClN3O6S/c1-16(2)26-24(30)17(3)27(14-18-8-7-9-20(12-18)33-4)23(29)15-28(35(6,31)32)21-13-19(25)10-11-22(21)34-5/h7-13,16-17H,14-15H2,1-6H3,(H,26,30). The molecule has 2 aromatic rings. The van der Waals surface area contributed by atoms with Gasteiger partial charge in [-0.15, -0.1) is 0 Å². The molecule has 0 radical (unpaired) electrons. The first-order valence-corrected chi connectivity index (χ1v) is 13.1. The van der Waals surface area contributed by atoms with Gasteiger partial charge in [0.2, 0.25) is 21.8 Å². The highest BCUT2D eigenvalue weighted by Crippen LogP contribution is 2.33. The first-order chi connectivity index (χ1) is 16.4. The molecule has 192 valence electrons. The van der Waals surface area contributed by atoms with Gasteiger partial charge in [0, 0.05) is 17.6 Å². The van der Waals surface area contributed by atoms with Crippen molar-refractivity contribution in [3.05, 3.63) is 53.1 Å². The van der Waals surface area contributed by atoms with E-state index in [1.807, 2.05) is 13.8 Å². The summed E-state index contributed by atoms with van der Waals surface area (Å²) in [5, 5.41) is 3.08. The van der Waals surface area contributed by atoms with Gasteiger partial charge in [-0.2, -0.15) is 0 Å². The molecule has 0 fully saturated rings. The number of methoxy groups -OCH3 is 2. The van der Waals surface area contributed by atoms with Gasteiger partial charge in [-0.05, 0) is 56.7 Å². The number of halogens is 1. The lowest BCUT2D eigenvalue weighted by molar-refractivity contribution is -0.139. The van der Waals surface area contributed by atoms with Gasteiger partial charge in [-0.3, -0.25) is 13.9 Å². The summed E-state index contributed by atoms with van der Waals surface area (Å²) >= 11 is 6.11. The van der Waals surface area contributed by atoms with Crippen molar-refractivity contribution in [2.24, 2.45) is 0 Å². The van der Waals surface area contributed by atoms with E-state index in [9.17, 15) is 18.0 Å². The molecule has 1 atom stereocenters. The molecule has 2 rings (SSSR count). The molecular weight excluding hydrogens is 494 g/mol. The molecule has 0 heterocycles. The zero-order valence-electron chi connectivity index (χ0n) is 20.7. The molecule has 11 heteroatoms. The van der Waals surface area contributed by atoms with Gasteiger partial charge in [0.25, 0.3) is 0 Å². The Morgan fingerprint density at radius 3 is 2.31 bits per heavy atom. The van der Waals surface area contributed by atoms with Gasteiger partial charge in [0.1, 0.15) is 24.1 Å². The third-order valence-electron chi connectivity index (χ3n) is 5.17. The second kappa shape index (κ2) is 12.1. The third kappa shape index (κ3) is 7.76. The van der Waals surface area contributed by atoms with Gasteiger partial charge in [0.05, 0.1) is 26.2 Å². The van der Waals surface area contributed by atoms with Gasteiger partial charge < -0.3 is 19.7 Å².